The molecule has 2 unspecified atom stereocenters. The zero-order valence-corrected chi connectivity index (χ0v) is 21.2. The van der Waals surface area contributed by atoms with E-state index < -0.39 is 28.0 Å². The fourth-order valence-corrected chi connectivity index (χ4v) is 7.00. The number of aromatic nitrogens is 2. The quantitative estimate of drug-likeness (QED) is 0.336. The fraction of sp³-hybridized carbons (Fsp3) is 0.478. The van der Waals surface area contributed by atoms with Crippen molar-refractivity contribution in [3.8, 4) is 5.75 Å². The van der Waals surface area contributed by atoms with Gasteiger partial charge in [0, 0.05) is 57.6 Å². The summed E-state index contributed by atoms with van der Waals surface area (Å²) in [6.45, 7) is 1.71. The summed E-state index contributed by atoms with van der Waals surface area (Å²) in [5, 5.41) is 8.73. The van der Waals surface area contributed by atoms with Crippen LogP contribution in [0.15, 0.2) is 41.6 Å². The van der Waals surface area contributed by atoms with Crippen molar-refractivity contribution in [2.75, 3.05) is 37.6 Å². The standard InChI is InChI=1S/C23H25F3N6O6S/c24-23(25,26)38-15-3-5-16(6-4-15)39(36,37)32(9-8-30-7-1-2-19(30)33)20-17-12-31(13-18(17)20)22-27-10-14(11-28-22)21(34)29-35/h3-6,10-11,17-18,20,35H,1-2,7-9,12-13H2,(H,29,34). The minimum atomic E-state index is -4.90. The third-order valence-electron chi connectivity index (χ3n) is 7.19. The lowest BCUT2D eigenvalue weighted by molar-refractivity contribution is -0.274. The Hall–Kier alpha value is -3.50. The maximum atomic E-state index is 13.7. The van der Waals surface area contributed by atoms with Crippen LogP contribution in [0.2, 0.25) is 0 Å². The molecule has 1 saturated carbocycles. The van der Waals surface area contributed by atoms with Crippen LogP contribution in [0.5, 0.6) is 5.75 Å². The predicted octanol–water partition coefficient (Wildman–Crippen LogP) is 1.24. The molecule has 3 fully saturated rings. The van der Waals surface area contributed by atoms with Gasteiger partial charge in [0.1, 0.15) is 5.75 Å². The summed E-state index contributed by atoms with van der Waals surface area (Å²) >= 11 is 0. The number of fused-ring (bicyclic) bond motifs is 1. The Morgan fingerprint density at radius 3 is 2.33 bits per heavy atom. The molecule has 1 aliphatic carbocycles. The molecular formula is C23H25F3N6O6S. The highest BCUT2D eigenvalue weighted by atomic mass is 32.2. The van der Waals surface area contributed by atoms with Crippen LogP contribution in [0, 0.1) is 11.8 Å². The van der Waals surface area contributed by atoms with Gasteiger partial charge in [-0.1, -0.05) is 0 Å². The first-order chi connectivity index (χ1) is 18.5. The topological polar surface area (TPSA) is 145 Å². The van der Waals surface area contributed by atoms with Gasteiger partial charge in [-0.3, -0.25) is 14.8 Å². The Morgan fingerprint density at radius 2 is 1.79 bits per heavy atom. The van der Waals surface area contributed by atoms with E-state index in [1.165, 1.54) is 22.2 Å². The van der Waals surface area contributed by atoms with Crippen molar-refractivity contribution < 1.29 is 41.1 Å². The number of likely N-dealkylation sites (tertiary alicyclic amines) is 1. The number of anilines is 1. The number of benzene rings is 1. The maximum Gasteiger partial charge on any atom is 0.573 e. The fourth-order valence-electron chi connectivity index (χ4n) is 5.29. The summed E-state index contributed by atoms with van der Waals surface area (Å²) in [5.41, 5.74) is 1.57. The monoisotopic (exact) mass is 570 g/mol. The first-order valence-electron chi connectivity index (χ1n) is 12.1. The van der Waals surface area contributed by atoms with E-state index in [1.807, 2.05) is 4.90 Å². The molecule has 16 heteroatoms. The number of nitrogens with zero attached hydrogens (tertiary/aromatic N) is 5. The smallest absolute Gasteiger partial charge is 0.406 e. The molecule has 210 valence electrons. The van der Waals surface area contributed by atoms with Gasteiger partial charge in [0.25, 0.3) is 5.91 Å². The van der Waals surface area contributed by atoms with Crippen molar-refractivity contribution in [3.05, 3.63) is 42.2 Å². The molecule has 2 amide bonds. The summed E-state index contributed by atoms with van der Waals surface area (Å²) in [6.07, 6.45) is -1.25. The van der Waals surface area contributed by atoms with E-state index in [9.17, 15) is 31.2 Å². The molecule has 2 aromatic rings. The minimum Gasteiger partial charge on any atom is -0.406 e. The number of ether oxygens (including phenoxy) is 1. The van der Waals surface area contributed by atoms with Crippen molar-refractivity contribution in [1.29, 1.82) is 0 Å². The molecule has 12 nitrogen and oxygen atoms in total. The number of alkyl halides is 3. The van der Waals surface area contributed by atoms with Crippen LogP contribution >= 0.6 is 0 Å². The van der Waals surface area contributed by atoms with Crippen LogP contribution in [0.3, 0.4) is 0 Å². The van der Waals surface area contributed by atoms with Crippen LogP contribution in [0.4, 0.5) is 19.1 Å². The Kier molecular flexibility index (Phi) is 7.11. The highest BCUT2D eigenvalue weighted by molar-refractivity contribution is 7.89. The normalized spacial score (nSPS) is 22.8. The number of piperidine rings is 1. The summed E-state index contributed by atoms with van der Waals surface area (Å²) in [5.74, 6) is -1.07. The zero-order chi connectivity index (χ0) is 27.9. The number of hydrogen-bond donors (Lipinski definition) is 2. The average Bonchev–Trinajstić information content (AvgIpc) is 3.19. The van der Waals surface area contributed by atoms with Gasteiger partial charge in [-0.05, 0) is 42.5 Å². The van der Waals surface area contributed by atoms with Gasteiger partial charge in [-0.25, -0.2) is 23.9 Å². The number of hydrogen-bond acceptors (Lipinski definition) is 9. The van der Waals surface area contributed by atoms with Gasteiger partial charge in [0.2, 0.25) is 21.9 Å². The SMILES string of the molecule is O=C(NO)c1cnc(N2CC3C(C2)C3N(CCN2CCCC2=O)S(=O)(=O)c2ccc(OC(F)(F)F)cc2)nc1. The number of amides is 2. The molecule has 2 saturated heterocycles. The Balaban J connectivity index is 1.32. The third kappa shape index (κ3) is 5.62. The predicted molar refractivity (Wildman–Crippen MR) is 127 cm³/mol. The number of carbonyl (C=O) groups excluding carboxylic acids is 2. The summed E-state index contributed by atoms with van der Waals surface area (Å²) < 4.78 is 70.1. The minimum absolute atomic E-state index is 0.0429. The van der Waals surface area contributed by atoms with E-state index in [4.69, 9.17) is 5.21 Å². The largest absolute Gasteiger partial charge is 0.573 e. The van der Waals surface area contributed by atoms with Crippen molar-refractivity contribution >= 4 is 27.8 Å². The van der Waals surface area contributed by atoms with E-state index in [0.717, 1.165) is 24.3 Å². The molecule has 2 N–H and O–H groups in total. The van der Waals surface area contributed by atoms with Crippen molar-refractivity contribution in [3.63, 3.8) is 0 Å². The van der Waals surface area contributed by atoms with Crippen molar-refractivity contribution in [2.45, 2.75) is 30.1 Å². The van der Waals surface area contributed by atoms with Crippen LogP contribution in [-0.4, -0.2) is 89.7 Å². The van der Waals surface area contributed by atoms with E-state index in [0.29, 0.717) is 38.4 Å². The second-order valence-electron chi connectivity index (χ2n) is 9.56. The molecule has 1 aromatic carbocycles. The lowest BCUT2D eigenvalue weighted by Gasteiger charge is -2.28. The number of sulfonamides is 1. The van der Waals surface area contributed by atoms with E-state index in [1.54, 1.807) is 4.90 Å². The Morgan fingerprint density at radius 1 is 1.15 bits per heavy atom. The highest BCUT2D eigenvalue weighted by Gasteiger charge is 2.61. The van der Waals surface area contributed by atoms with Crippen molar-refractivity contribution in [1.82, 2.24) is 24.7 Å². The lowest BCUT2D eigenvalue weighted by atomic mass is 10.3. The number of carbonyl (C=O) groups is 2. The van der Waals surface area contributed by atoms with Gasteiger partial charge >= 0.3 is 6.36 Å². The number of nitrogens with one attached hydrogen (secondary N) is 1. The van der Waals surface area contributed by atoms with Gasteiger partial charge in [0.15, 0.2) is 0 Å². The molecule has 3 heterocycles. The zero-order valence-electron chi connectivity index (χ0n) is 20.4. The summed E-state index contributed by atoms with van der Waals surface area (Å²) in [7, 11) is -4.11. The lowest BCUT2D eigenvalue weighted by Crippen LogP contribution is -2.43. The second-order valence-corrected chi connectivity index (χ2v) is 11.4. The number of halogens is 3. The van der Waals surface area contributed by atoms with Crippen LogP contribution in [-0.2, 0) is 14.8 Å². The molecule has 2 aliphatic heterocycles. The third-order valence-corrected chi connectivity index (χ3v) is 9.10. The second kappa shape index (κ2) is 10.2. The van der Waals surface area contributed by atoms with Gasteiger partial charge < -0.3 is 14.5 Å². The molecule has 5 rings (SSSR count). The first kappa shape index (κ1) is 27.1. The van der Waals surface area contributed by atoms with Crippen LogP contribution < -0.4 is 15.1 Å². The van der Waals surface area contributed by atoms with E-state index in [2.05, 4.69) is 14.7 Å². The molecule has 0 radical (unpaired) electrons. The highest BCUT2D eigenvalue weighted by Crippen LogP contribution is 2.51. The molecular weight excluding hydrogens is 545 g/mol. The molecule has 0 spiro atoms. The first-order valence-corrected chi connectivity index (χ1v) is 13.6. The Labute approximate surface area is 221 Å². The molecule has 1 aromatic heterocycles. The van der Waals surface area contributed by atoms with Gasteiger partial charge in [-0.2, -0.15) is 4.31 Å². The average molecular weight is 571 g/mol. The maximum absolute atomic E-state index is 13.7. The summed E-state index contributed by atoms with van der Waals surface area (Å²) in [4.78, 5) is 35.2. The number of rotatable bonds is 9. The van der Waals surface area contributed by atoms with Crippen LogP contribution in [0.25, 0.3) is 0 Å². The molecule has 3 aliphatic rings. The van der Waals surface area contributed by atoms with Gasteiger partial charge in [-0.15, -0.1) is 13.2 Å². The van der Waals surface area contributed by atoms with Crippen molar-refractivity contribution in [2.24, 2.45) is 11.8 Å². The summed E-state index contributed by atoms with van der Waals surface area (Å²) in [6, 6.07) is 3.70. The molecule has 39 heavy (non-hydrogen) atoms. The van der Waals surface area contributed by atoms with Gasteiger partial charge in [0.05, 0.1) is 10.5 Å². The number of hydroxylamine groups is 1. The molecule has 0 bridgehead atoms. The Bertz CT molecular complexity index is 1330. The van der Waals surface area contributed by atoms with E-state index in [-0.39, 0.29) is 47.3 Å². The van der Waals surface area contributed by atoms with Crippen LogP contribution in [0.1, 0.15) is 23.2 Å². The molecule has 2 atom stereocenters. The van der Waals surface area contributed by atoms with E-state index >= 15 is 0 Å².